The fourth-order valence-electron chi connectivity index (χ4n) is 2.69. The number of hydrogen-bond acceptors (Lipinski definition) is 2. The van der Waals surface area contributed by atoms with Gasteiger partial charge in [0.1, 0.15) is 0 Å². The highest BCUT2D eigenvalue weighted by molar-refractivity contribution is 5.71. The molecule has 60 valence electrons. The molecule has 3 heteroatoms. The summed E-state index contributed by atoms with van der Waals surface area (Å²) in [6, 6.07) is 0. The van der Waals surface area contributed by atoms with E-state index in [-0.39, 0.29) is 12.0 Å². The molecule has 11 heavy (non-hydrogen) atoms. The molecule has 5 unspecified atom stereocenters. The Morgan fingerprint density at radius 3 is 2.73 bits per heavy atom. The summed E-state index contributed by atoms with van der Waals surface area (Å²) in [5.74, 6) is 0.483. The molecule has 1 aliphatic carbocycles. The van der Waals surface area contributed by atoms with Crippen LogP contribution in [-0.2, 0) is 9.53 Å². The zero-order valence-corrected chi connectivity index (χ0v) is 6.06. The molecule has 1 N–H and O–H groups in total. The fraction of sp³-hybridized carbons (Fsp3) is 0.875. The van der Waals surface area contributed by atoms with E-state index in [0.29, 0.717) is 12.0 Å². The maximum absolute atomic E-state index is 10.7. The van der Waals surface area contributed by atoms with E-state index in [9.17, 15) is 4.79 Å². The van der Waals surface area contributed by atoms with Gasteiger partial charge in [0.15, 0.2) is 0 Å². The molecule has 2 saturated heterocycles. The SMILES string of the molecule is O=C(O)C1CC2OC1C1CC21. The molecule has 2 aliphatic heterocycles. The van der Waals surface area contributed by atoms with E-state index in [2.05, 4.69) is 0 Å². The number of rotatable bonds is 1. The normalized spacial score (nSPS) is 57.6. The molecular formula is C8H10O3. The maximum atomic E-state index is 10.7. The Hall–Kier alpha value is -0.570. The zero-order valence-electron chi connectivity index (χ0n) is 6.06. The van der Waals surface area contributed by atoms with Crippen LogP contribution in [0.15, 0.2) is 0 Å². The van der Waals surface area contributed by atoms with Crippen molar-refractivity contribution in [2.24, 2.45) is 17.8 Å². The van der Waals surface area contributed by atoms with E-state index in [1.165, 1.54) is 6.42 Å². The number of ether oxygens (including phenoxy) is 1. The lowest BCUT2D eigenvalue weighted by atomic mass is 9.89. The van der Waals surface area contributed by atoms with Crippen molar-refractivity contribution in [3.05, 3.63) is 0 Å². The highest BCUT2D eigenvalue weighted by Gasteiger charge is 2.64. The molecule has 2 heterocycles. The molecule has 2 bridgehead atoms. The molecule has 1 saturated carbocycles. The topological polar surface area (TPSA) is 46.5 Å². The Balaban J connectivity index is 1.87. The van der Waals surface area contributed by atoms with Crippen LogP contribution in [0.2, 0.25) is 0 Å². The predicted octanol–water partition coefficient (Wildman–Crippen LogP) is 0.494. The average Bonchev–Trinajstić information content (AvgIpc) is 2.57. The van der Waals surface area contributed by atoms with E-state index in [0.717, 1.165) is 12.3 Å². The molecule has 3 nitrogen and oxygen atoms in total. The number of hydrogen-bond donors (Lipinski definition) is 1. The summed E-state index contributed by atoms with van der Waals surface area (Å²) in [4.78, 5) is 10.7. The molecule has 3 fully saturated rings. The summed E-state index contributed by atoms with van der Waals surface area (Å²) in [5, 5.41) is 8.79. The monoisotopic (exact) mass is 154 g/mol. The lowest BCUT2D eigenvalue weighted by Gasteiger charge is -2.12. The van der Waals surface area contributed by atoms with Crippen molar-refractivity contribution in [3.63, 3.8) is 0 Å². The van der Waals surface area contributed by atoms with Crippen LogP contribution >= 0.6 is 0 Å². The Bertz CT molecular complexity index is 225. The highest BCUT2D eigenvalue weighted by atomic mass is 16.5. The third-order valence-corrected chi connectivity index (χ3v) is 3.32. The van der Waals surface area contributed by atoms with Crippen molar-refractivity contribution in [1.29, 1.82) is 0 Å². The number of carboxylic acid groups (broad SMARTS) is 1. The second-order valence-electron chi connectivity index (χ2n) is 3.88. The minimum Gasteiger partial charge on any atom is -0.481 e. The van der Waals surface area contributed by atoms with Gasteiger partial charge in [0, 0.05) is 0 Å². The second kappa shape index (κ2) is 1.61. The summed E-state index contributed by atoms with van der Waals surface area (Å²) < 4.78 is 5.53. The van der Waals surface area contributed by atoms with Crippen LogP contribution in [0.25, 0.3) is 0 Å². The van der Waals surface area contributed by atoms with Gasteiger partial charge in [-0.1, -0.05) is 0 Å². The predicted molar refractivity (Wildman–Crippen MR) is 36.0 cm³/mol. The summed E-state index contributed by atoms with van der Waals surface area (Å²) in [5.41, 5.74) is 0. The first kappa shape index (κ1) is 6.00. The van der Waals surface area contributed by atoms with E-state index in [4.69, 9.17) is 9.84 Å². The largest absolute Gasteiger partial charge is 0.481 e. The van der Waals surface area contributed by atoms with E-state index < -0.39 is 5.97 Å². The average molecular weight is 154 g/mol. The minimum absolute atomic E-state index is 0.0718. The molecule has 5 atom stereocenters. The van der Waals surface area contributed by atoms with Crippen LogP contribution in [0.1, 0.15) is 12.8 Å². The van der Waals surface area contributed by atoms with Gasteiger partial charge in [-0.15, -0.1) is 0 Å². The van der Waals surface area contributed by atoms with E-state index in [1.54, 1.807) is 0 Å². The third-order valence-electron chi connectivity index (χ3n) is 3.32. The van der Waals surface area contributed by atoms with Crippen LogP contribution in [0.4, 0.5) is 0 Å². The first-order chi connectivity index (χ1) is 5.27. The van der Waals surface area contributed by atoms with Gasteiger partial charge in [0.2, 0.25) is 0 Å². The number of carboxylic acids is 1. The summed E-state index contributed by atoms with van der Waals surface area (Å²) in [6.07, 6.45) is 2.36. The number of aliphatic carboxylic acids is 1. The van der Waals surface area contributed by atoms with Gasteiger partial charge in [0.25, 0.3) is 0 Å². The van der Waals surface area contributed by atoms with Crippen LogP contribution in [0.3, 0.4) is 0 Å². The van der Waals surface area contributed by atoms with Crippen molar-refractivity contribution in [1.82, 2.24) is 0 Å². The molecule has 3 rings (SSSR count). The fourth-order valence-corrected chi connectivity index (χ4v) is 2.69. The highest BCUT2D eigenvalue weighted by Crippen LogP contribution is 2.60. The summed E-state index contributed by atoms with van der Waals surface area (Å²) in [6.45, 7) is 0. The van der Waals surface area contributed by atoms with Gasteiger partial charge in [-0.25, -0.2) is 0 Å². The smallest absolute Gasteiger partial charge is 0.309 e. The van der Waals surface area contributed by atoms with Crippen LogP contribution in [0, 0.1) is 17.8 Å². The molecule has 0 aromatic carbocycles. The first-order valence-corrected chi connectivity index (χ1v) is 4.15. The zero-order chi connectivity index (χ0) is 7.59. The summed E-state index contributed by atoms with van der Waals surface area (Å²) in [7, 11) is 0. The van der Waals surface area contributed by atoms with Crippen molar-refractivity contribution >= 4 is 5.97 Å². The molecule has 0 amide bonds. The Kier molecular flexibility index (Phi) is 0.876. The summed E-state index contributed by atoms with van der Waals surface area (Å²) >= 11 is 0. The Labute approximate surface area is 64.3 Å². The van der Waals surface area contributed by atoms with Crippen molar-refractivity contribution in [3.8, 4) is 0 Å². The van der Waals surface area contributed by atoms with Crippen molar-refractivity contribution in [2.45, 2.75) is 25.0 Å². The molecule has 0 aromatic rings. The van der Waals surface area contributed by atoms with E-state index >= 15 is 0 Å². The van der Waals surface area contributed by atoms with Crippen molar-refractivity contribution < 1.29 is 14.6 Å². The van der Waals surface area contributed by atoms with Crippen LogP contribution in [0.5, 0.6) is 0 Å². The maximum Gasteiger partial charge on any atom is 0.309 e. The molecule has 0 aromatic heterocycles. The van der Waals surface area contributed by atoms with Gasteiger partial charge in [-0.2, -0.15) is 0 Å². The van der Waals surface area contributed by atoms with E-state index in [1.807, 2.05) is 0 Å². The minimum atomic E-state index is -0.664. The molecule has 3 aliphatic rings. The quantitative estimate of drug-likeness (QED) is 0.598. The van der Waals surface area contributed by atoms with Gasteiger partial charge < -0.3 is 9.84 Å². The molecule has 0 radical (unpaired) electrons. The second-order valence-corrected chi connectivity index (χ2v) is 3.88. The molecule has 0 spiro atoms. The standard InChI is InChI=1S/C8H10O3/c9-8(10)5-2-6-3-1-4(3)7(5)11-6/h3-7H,1-2H2,(H,9,10). The Morgan fingerprint density at radius 1 is 1.36 bits per heavy atom. The lowest BCUT2D eigenvalue weighted by Crippen LogP contribution is -2.26. The Morgan fingerprint density at radius 2 is 2.18 bits per heavy atom. The lowest BCUT2D eigenvalue weighted by molar-refractivity contribution is -0.143. The molecular weight excluding hydrogens is 144 g/mol. The van der Waals surface area contributed by atoms with Crippen molar-refractivity contribution in [2.75, 3.05) is 0 Å². The van der Waals surface area contributed by atoms with Crippen LogP contribution < -0.4 is 0 Å². The van der Waals surface area contributed by atoms with Gasteiger partial charge in [0.05, 0.1) is 18.1 Å². The number of carbonyl (C=O) groups is 1. The number of fused-ring (bicyclic) bond motifs is 5. The van der Waals surface area contributed by atoms with Gasteiger partial charge in [-0.3, -0.25) is 4.79 Å². The third kappa shape index (κ3) is 0.601. The van der Waals surface area contributed by atoms with Crippen LogP contribution in [-0.4, -0.2) is 23.3 Å². The van der Waals surface area contributed by atoms with Gasteiger partial charge in [-0.05, 0) is 24.7 Å². The first-order valence-electron chi connectivity index (χ1n) is 4.15. The van der Waals surface area contributed by atoms with Gasteiger partial charge >= 0.3 is 5.97 Å².